The molecule has 17 heavy (non-hydrogen) atoms. The lowest BCUT2D eigenvalue weighted by atomic mass is 10.3. The van der Waals surface area contributed by atoms with Crippen LogP contribution in [0, 0.1) is 0 Å². The second kappa shape index (κ2) is 4.20. The van der Waals surface area contributed by atoms with Gasteiger partial charge in [0, 0.05) is 26.8 Å². The van der Waals surface area contributed by atoms with E-state index >= 15 is 0 Å². The van der Waals surface area contributed by atoms with Gasteiger partial charge in [-0.2, -0.15) is 5.10 Å². The minimum Gasteiger partial charge on any atom is -0.279 e. The maximum Gasteiger partial charge on any atom is 0.332 e. The van der Waals surface area contributed by atoms with Crippen molar-refractivity contribution in [3.8, 4) is 0 Å². The summed E-state index contributed by atoms with van der Waals surface area (Å²) in [4.78, 5) is 23.6. The van der Waals surface area contributed by atoms with Crippen LogP contribution in [0.5, 0.6) is 0 Å². The van der Waals surface area contributed by atoms with Gasteiger partial charge in [-0.1, -0.05) is 13.3 Å². The first-order chi connectivity index (χ1) is 8.06. The lowest BCUT2D eigenvalue weighted by molar-refractivity contribution is 0.572. The molecule has 0 N–H and O–H groups in total. The van der Waals surface area contributed by atoms with Crippen LogP contribution in [-0.2, 0) is 20.6 Å². The van der Waals surface area contributed by atoms with E-state index in [0.717, 1.165) is 24.0 Å². The fourth-order valence-electron chi connectivity index (χ4n) is 1.83. The Bertz CT molecular complexity index is 662. The molecular formula is C11H16N4O2. The van der Waals surface area contributed by atoms with Gasteiger partial charge in [0.05, 0.1) is 0 Å². The molecule has 0 atom stereocenters. The lowest BCUT2D eigenvalue weighted by Gasteiger charge is -2.01. The topological polar surface area (TPSA) is 61.8 Å². The van der Waals surface area contributed by atoms with Gasteiger partial charge in [-0.3, -0.25) is 18.6 Å². The highest BCUT2D eigenvalue weighted by molar-refractivity contribution is 5.72. The highest BCUT2D eigenvalue weighted by Gasteiger charge is 2.11. The molecule has 0 radical (unpaired) electrons. The maximum absolute atomic E-state index is 11.9. The zero-order chi connectivity index (χ0) is 12.6. The first-order valence-corrected chi connectivity index (χ1v) is 5.69. The predicted molar refractivity (Wildman–Crippen MR) is 65.1 cm³/mol. The summed E-state index contributed by atoms with van der Waals surface area (Å²) in [5.41, 5.74) is -0.178. The van der Waals surface area contributed by atoms with Crippen molar-refractivity contribution in [3.05, 3.63) is 27.0 Å². The molecule has 0 bridgehead atoms. The Kier molecular flexibility index (Phi) is 2.87. The highest BCUT2D eigenvalue weighted by atomic mass is 16.2. The van der Waals surface area contributed by atoms with E-state index in [0.29, 0.717) is 11.0 Å². The van der Waals surface area contributed by atoms with Crippen LogP contribution in [0.2, 0.25) is 0 Å². The molecule has 2 heterocycles. The molecule has 0 saturated carbocycles. The molecule has 0 amide bonds. The van der Waals surface area contributed by atoms with Crippen molar-refractivity contribution >= 4 is 11.0 Å². The molecule has 2 aromatic rings. The third kappa shape index (κ3) is 1.79. The predicted octanol–water partition coefficient (Wildman–Crippen LogP) is 0.234. The minimum absolute atomic E-state index is 0.286. The molecule has 6 heteroatoms. The number of rotatable bonds is 3. The zero-order valence-electron chi connectivity index (χ0n) is 10.3. The van der Waals surface area contributed by atoms with Crippen LogP contribution < -0.4 is 11.2 Å². The van der Waals surface area contributed by atoms with E-state index in [1.165, 1.54) is 11.6 Å². The van der Waals surface area contributed by atoms with Crippen LogP contribution in [0.3, 0.4) is 0 Å². The third-order valence-electron chi connectivity index (χ3n) is 2.91. The molecule has 0 unspecified atom stereocenters. The average Bonchev–Trinajstić information content (AvgIpc) is 2.75. The normalized spacial score (nSPS) is 11.2. The van der Waals surface area contributed by atoms with Crippen LogP contribution in [0.25, 0.3) is 11.0 Å². The monoisotopic (exact) mass is 236 g/mol. The molecule has 2 rings (SSSR count). The van der Waals surface area contributed by atoms with Gasteiger partial charge in [-0.25, -0.2) is 4.79 Å². The van der Waals surface area contributed by atoms with Crippen LogP contribution in [-0.4, -0.2) is 18.9 Å². The van der Waals surface area contributed by atoms with E-state index in [1.54, 1.807) is 17.9 Å². The number of aromatic nitrogens is 4. The lowest BCUT2D eigenvalue weighted by Crippen LogP contribution is -2.36. The van der Waals surface area contributed by atoms with Gasteiger partial charge in [0.15, 0.2) is 5.65 Å². The summed E-state index contributed by atoms with van der Waals surface area (Å²) in [7, 11) is 3.11. The average molecular weight is 236 g/mol. The van der Waals surface area contributed by atoms with Crippen molar-refractivity contribution in [1.29, 1.82) is 0 Å². The fourth-order valence-corrected chi connectivity index (χ4v) is 1.83. The Morgan fingerprint density at radius 1 is 1.24 bits per heavy atom. The molecule has 2 aromatic heterocycles. The Morgan fingerprint density at radius 2 is 1.94 bits per heavy atom. The number of aryl methyl sites for hydroxylation is 2. The minimum atomic E-state index is -0.344. The second-order valence-corrected chi connectivity index (χ2v) is 4.19. The summed E-state index contributed by atoms with van der Waals surface area (Å²) >= 11 is 0. The number of nitrogens with zero attached hydrogens (tertiary/aromatic N) is 4. The van der Waals surface area contributed by atoms with Gasteiger partial charge in [-0.15, -0.1) is 0 Å². The molecule has 0 aliphatic rings. The Hall–Kier alpha value is -1.85. The van der Waals surface area contributed by atoms with E-state index in [9.17, 15) is 9.59 Å². The second-order valence-electron chi connectivity index (χ2n) is 4.19. The van der Waals surface area contributed by atoms with E-state index in [2.05, 4.69) is 12.0 Å². The maximum atomic E-state index is 11.9. The molecule has 0 fully saturated rings. The molecule has 0 saturated heterocycles. The number of fused-ring (bicyclic) bond motifs is 1. The number of hydrogen-bond acceptors (Lipinski definition) is 3. The van der Waals surface area contributed by atoms with E-state index in [4.69, 9.17) is 0 Å². The molecule has 0 aliphatic carbocycles. The third-order valence-corrected chi connectivity index (χ3v) is 2.91. The van der Waals surface area contributed by atoms with Crippen LogP contribution >= 0.6 is 0 Å². The molecule has 6 nitrogen and oxygen atoms in total. The first-order valence-electron chi connectivity index (χ1n) is 5.69. The summed E-state index contributed by atoms with van der Waals surface area (Å²) in [6, 6.07) is 0. The molecule has 92 valence electrons. The molecule has 0 spiro atoms. The van der Waals surface area contributed by atoms with Crippen molar-refractivity contribution in [1.82, 2.24) is 18.9 Å². The van der Waals surface area contributed by atoms with E-state index in [-0.39, 0.29) is 11.2 Å². The van der Waals surface area contributed by atoms with Crippen molar-refractivity contribution in [2.75, 3.05) is 0 Å². The summed E-state index contributed by atoms with van der Waals surface area (Å²) in [5.74, 6) is 0. The Balaban J connectivity index is 2.69. The standard InChI is InChI=1S/C11H16N4O2/c1-4-5-6-15-7-8-9(12-15)13(2)11(17)14(3)10(8)16/h7H,4-6H2,1-3H3. The quantitative estimate of drug-likeness (QED) is 0.766. The van der Waals surface area contributed by atoms with E-state index in [1.807, 2.05) is 0 Å². The van der Waals surface area contributed by atoms with Crippen LogP contribution in [0.4, 0.5) is 0 Å². The van der Waals surface area contributed by atoms with Gasteiger partial charge >= 0.3 is 5.69 Å². The molecule has 0 aromatic carbocycles. The summed E-state index contributed by atoms with van der Waals surface area (Å²) in [6.45, 7) is 2.86. The Morgan fingerprint density at radius 3 is 2.59 bits per heavy atom. The summed E-state index contributed by atoms with van der Waals surface area (Å²) < 4.78 is 4.24. The fraction of sp³-hybridized carbons (Fsp3) is 0.545. The largest absolute Gasteiger partial charge is 0.332 e. The Labute approximate surface area is 98.1 Å². The molecular weight excluding hydrogens is 220 g/mol. The number of unbranched alkanes of at least 4 members (excludes halogenated alkanes) is 1. The van der Waals surface area contributed by atoms with Crippen molar-refractivity contribution in [2.45, 2.75) is 26.3 Å². The zero-order valence-corrected chi connectivity index (χ0v) is 10.3. The summed E-state index contributed by atoms with van der Waals surface area (Å²) in [5, 5.41) is 4.77. The van der Waals surface area contributed by atoms with E-state index < -0.39 is 0 Å². The van der Waals surface area contributed by atoms with Gasteiger partial charge in [0.1, 0.15) is 5.39 Å². The smallest absolute Gasteiger partial charge is 0.279 e. The SMILES string of the molecule is CCCCn1cc2c(=O)n(C)c(=O)n(C)c2n1. The number of hydrogen-bond donors (Lipinski definition) is 0. The van der Waals surface area contributed by atoms with Gasteiger partial charge in [0.25, 0.3) is 5.56 Å². The van der Waals surface area contributed by atoms with Gasteiger partial charge < -0.3 is 0 Å². The summed E-state index contributed by atoms with van der Waals surface area (Å²) in [6.07, 6.45) is 3.78. The van der Waals surface area contributed by atoms with Crippen molar-refractivity contribution < 1.29 is 0 Å². The highest BCUT2D eigenvalue weighted by Crippen LogP contribution is 2.05. The van der Waals surface area contributed by atoms with Gasteiger partial charge in [-0.05, 0) is 6.42 Å². The van der Waals surface area contributed by atoms with Crippen LogP contribution in [0.15, 0.2) is 15.8 Å². The van der Waals surface area contributed by atoms with Gasteiger partial charge in [0.2, 0.25) is 0 Å². The first kappa shape index (κ1) is 11.6. The molecule has 0 aliphatic heterocycles. The van der Waals surface area contributed by atoms with Crippen molar-refractivity contribution in [3.63, 3.8) is 0 Å². The van der Waals surface area contributed by atoms with Crippen molar-refractivity contribution in [2.24, 2.45) is 14.1 Å². The van der Waals surface area contributed by atoms with Crippen LogP contribution in [0.1, 0.15) is 19.8 Å².